The van der Waals surface area contributed by atoms with Crippen molar-refractivity contribution in [2.45, 2.75) is 57.6 Å². The summed E-state index contributed by atoms with van der Waals surface area (Å²) in [5.74, 6) is 6.52. The molecule has 1 atom stereocenters. The lowest BCUT2D eigenvalue weighted by atomic mass is 10.1. The molecule has 0 N–H and O–H groups in total. The van der Waals surface area contributed by atoms with Crippen LogP contribution in [0.4, 0.5) is 0 Å². The Morgan fingerprint density at radius 1 is 1.24 bits per heavy atom. The minimum atomic E-state index is -0.327. The first-order chi connectivity index (χ1) is 10.1. The Labute approximate surface area is 133 Å². The van der Waals surface area contributed by atoms with Crippen LogP contribution in [0.2, 0.25) is 0 Å². The zero-order valence-electron chi connectivity index (χ0n) is 12.9. The molecule has 0 aliphatic carbocycles. The molecule has 0 heterocycles. The third kappa shape index (κ3) is 7.24. The molecule has 0 spiro atoms. The van der Waals surface area contributed by atoms with E-state index in [-0.39, 0.29) is 11.2 Å². The van der Waals surface area contributed by atoms with Gasteiger partial charge in [-0.25, -0.2) is 0 Å². The van der Waals surface area contributed by atoms with Crippen molar-refractivity contribution in [1.82, 2.24) is 0 Å². The number of carbonyl (C=O) groups is 1. The maximum absolute atomic E-state index is 11.1. The van der Waals surface area contributed by atoms with E-state index >= 15 is 0 Å². The number of ether oxygens (including phenoxy) is 1. The number of benzene rings is 1. The average Bonchev–Trinajstić information content (AvgIpc) is 2.46. The van der Waals surface area contributed by atoms with Gasteiger partial charge in [-0.1, -0.05) is 56.7 Å². The van der Waals surface area contributed by atoms with Gasteiger partial charge in [-0.05, 0) is 12.5 Å². The lowest BCUT2D eigenvalue weighted by Gasteiger charge is -2.10. The Morgan fingerprint density at radius 2 is 1.95 bits per heavy atom. The minimum Gasteiger partial charge on any atom is -0.426 e. The topological polar surface area (TPSA) is 26.3 Å². The third-order valence-electron chi connectivity index (χ3n) is 3.11. The number of thiol groups is 1. The third-order valence-corrected chi connectivity index (χ3v) is 3.52. The molecular formula is C18H24O2S. The zero-order valence-corrected chi connectivity index (χ0v) is 13.8. The first-order valence-electron chi connectivity index (χ1n) is 7.59. The average molecular weight is 304 g/mol. The summed E-state index contributed by atoms with van der Waals surface area (Å²) < 4.78 is 5.18. The van der Waals surface area contributed by atoms with Gasteiger partial charge in [0, 0.05) is 18.9 Å². The van der Waals surface area contributed by atoms with E-state index in [2.05, 4.69) is 31.4 Å². The first-order valence-corrected chi connectivity index (χ1v) is 8.10. The monoisotopic (exact) mass is 304 g/mol. The molecule has 0 aliphatic rings. The van der Waals surface area contributed by atoms with Crippen LogP contribution in [0.25, 0.3) is 0 Å². The van der Waals surface area contributed by atoms with E-state index in [1.54, 1.807) is 6.07 Å². The number of hydrogen-bond donors (Lipinski definition) is 1. The summed E-state index contributed by atoms with van der Waals surface area (Å²) in [6.07, 6.45) is 7.13. The fourth-order valence-electron chi connectivity index (χ4n) is 2.02. The fourth-order valence-corrected chi connectivity index (χ4v) is 2.32. The second-order valence-electron chi connectivity index (χ2n) is 5.02. The summed E-state index contributed by atoms with van der Waals surface area (Å²) in [5, 5.41) is -0.226. The van der Waals surface area contributed by atoms with Crippen molar-refractivity contribution in [1.29, 1.82) is 0 Å². The van der Waals surface area contributed by atoms with Gasteiger partial charge in [0.1, 0.15) is 5.75 Å². The molecule has 0 bridgehead atoms. The van der Waals surface area contributed by atoms with Crippen LogP contribution in [0.3, 0.4) is 0 Å². The van der Waals surface area contributed by atoms with Crippen LogP contribution in [-0.2, 0) is 4.79 Å². The molecule has 114 valence electrons. The number of esters is 1. The van der Waals surface area contributed by atoms with Crippen LogP contribution in [0, 0.1) is 11.8 Å². The van der Waals surface area contributed by atoms with E-state index in [0.29, 0.717) is 5.75 Å². The van der Waals surface area contributed by atoms with Crippen LogP contribution < -0.4 is 4.74 Å². The normalized spacial score (nSPS) is 11.4. The standard InChI is InChI=1S/C18H24O2S/c1-3-4-5-6-7-8-9-14-18(21)16-12-10-11-13-17(16)20-15(2)19/h10-13,18,21H,3-8H2,1-2H3. The molecule has 0 aliphatic heterocycles. The second-order valence-corrected chi connectivity index (χ2v) is 5.54. The molecule has 0 aromatic heterocycles. The quantitative estimate of drug-likeness (QED) is 0.254. The van der Waals surface area contributed by atoms with E-state index in [1.165, 1.54) is 32.6 Å². The highest BCUT2D eigenvalue weighted by Crippen LogP contribution is 2.28. The largest absolute Gasteiger partial charge is 0.426 e. The van der Waals surface area contributed by atoms with Crippen molar-refractivity contribution in [2.75, 3.05) is 0 Å². The Hall–Kier alpha value is -1.40. The van der Waals surface area contributed by atoms with Gasteiger partial charge < -0.3 is 4.74 Å². The molecule has 1 unspecified atom stereocenters. The predicted octanol–water partition coefficient (Wildman–Crippen LogP) is 4.95. The number of unbranched alkanes of at least 4 members (excludes halogenated alkanes) is 5. The van der Waals surface area contributed by atoms with E-state index in [9.17, 15) is 4.79 Å². The SMILES string of the molecule is CCCCCCCC#CC(S)c1ccccc1OC(C)=O. The Morgan fingerprint density at radius 3 is 2.67 bits per heavy atom. The summed E-state index contributed by atoms with van der Waals surface area (Å²) in [6, 6.07) is 7.40. The van der Waals surface area contributed by atoms with Crippen molar-refractivity contribution in [2.24, 2.45) is 0 Å². The fraction of sp³-hybridized carbons (Fsp3) is 0.500. The molecule has 21 heavy (non-hydrogen) atoms. The van der Waals surface area contributed by atoms with Crippen LogP contribution >= 0.6 is 12.6 Å². The lowest BCUT2D eigenvalue weighted by Crippen LogP contribution is -2.04. The molecule has 1 aromatic rings. The van der Waals surface area contributed by atoms with Gasteiger partial charge in [0.15, 0.2) is 0 Å². The first kappa shape index (κ1) is 17.7. The highest BCUT2D eigenvalue weighted by Gasteiger charge is 2.11. The predicted molar refractivity (Wildman–Crippen MR) is 90.6 cm³/mol. The number of rotatable bonds is 7. The van der Waals surface area contributed by atoms with Crippen molar-refractivity contribution >= 4 is 18.6 Å². The van der Waals surface area contributed by atoms with Crippen LogP contribution in [0.15, 0.2) is 24.3 Å². The summed E-state index contributed by atoms with van der Waals surface area (Å²) in [4.78, 5) is 11.1. The molecule has 0 radical (unpaired) electrons. The number of hydrogen-bond acceptors (Lipinski definition) is 3. The molecule has 0 saturated heterocycles. The highest BCUT2D eigenvalue weighted by molar-refractivity contribution is 7.80. The van der Waals surface area contributed by atoms with Crippen molar-refractivity contribution in [3.8, 4) is 17.6 Å². The van der Waals surface area contributed by atoms with Crippen molar-refractivity contribution < 1.29 is 9.53 Å². The summed E-state index contributed by atoms with van der Waals surface area (Å²) in [7, 11) is 0. The van der Waals surface area contributed by atoms with Gasteiger partial charge in [-0.15, -0.1) is 5.92 Å². The zero-order chi connectivity index (χ0) is 15.5. The summed E-state index contributed by atoms with van der Waals surface area (Å²) in [6.45, 7) is 3.61. The van der Waals surface area contributed by atoms with Gasteiger partial charge in [0.25, 0.3) is 0 Å². The lowest BCUT2D eigenvalue weighted by molar-refractivity contribution is -0.131. The van der Waals surface area contributed by atoms with Crippen molar-refractivity contribution in [3.63, 3.8) is 0 Å². The van der Waals surface area contributed by atoms with Crippen LogP contribution in [0.1, 0.15) is 63.2 Å². The molecule has 0 saturated carbocycles. The van der Waals surface area contributed by atoms with E-state index in [0.717, 1.165) is 18.4 Å². The molecule has 1 rings (SSSR count). The molecule has 2 nitrogen and oxygen atoms in total. The van der Waals surface area contributed by atoms with Crippen LogP contribution in [0.5, 0.6) is 5.75 Å². The number of para-hydroxylation sites is 1. The maximum Gasteiger partial charge on any atom is 0.308 e. The van der Waals surface area contributed by atoms with E-state index in [1.807, 2.05) is 18.2 Å². The van der Waals surface area contributed by atoms with Gasteiger partial charge in [-0.3, -0.25) is 4.79 Å². The Balaban J connectivity index is 2.52. The van der Waals surface area contributed by atoms with Gasteiger partial charge >= 0.3 is 5.97 Å². The minimum absolute atomic E-state index is 0.226. The Bertz CT molecular complexity index is 499. The molecule has 0 fully saturated rings. The molecular weight excluding hydrogens is 280 g/mol. The van der Waals surface area contributed by atoms with Crippen LogP contribution in [-0.4, -0.2) is 5.97 Å². The highest BCUT2D eigenvalue weighted by atomic mass is 32.1. The summed E-state index contributed by atoms with van der Waals surface area (Å²) in [5.41, 5.74) is 0.842. The van der Waals surface area contributed by atoms with Gasteiger partial charge in [0.05, 0.1) is 5.25 Å². The van der Waals surface area contributed by atoms with Crippen molar-refractivity contribution in [3.05, 3.63) is 29.8 Å². The summed E-state index contributed by atoms with van der Waals surface area (Å²) >= 11 is 4.51. The van der Waals surface area contributed by atoms with E-state index < -0.39 is 0 Å². The maximum atomic E-state index is 11.1. The van der Waals surface area contributed by atoms with Gasteiger partial charge in [-0.2, -0.15) is 12.6 Å². The molecule has 0 amide bonds. The smallest absolute Gasteiger partial charge is 0.308 e. The number of carbonyl (C=O) groups excluding carboxylic acids is 1. The molecule has 3 heteroatoms. The molecule has 1 aromatic carbocycles. The Kier molecular flexibility index (Phi) is 8.69. The second kappa shape index (κ2) is 10.3. The van der Waals surface area contributed by atoms with E-state index in [4.69, 9.17) is 4.74 Å². The van der Waals surface area contributed by atoms with Gasteiger partial charge in [0.2, 0.25) is 0 Å².